The van der Waals surface area contributed by atoms with Gasteiger partial charge in [0.15, 0.2) is 0 Å². The number of rotatable bonds is 5. The average Bonchev–Trinajstić information content (AvgIpc) is 2.48. The lowest BCUT2D eigenvalue weighted by Crippen LogP contribution is -1.81. The van der Waals surface area contributed by atoms with E-state index >= 15 is 0 Å². The minimum Gasteiger partial charge on any atom is -0.242 e. The first-order valence-corrected chi connectivity index (χ1v) is 8.31. The van der Waals surface area contributed by atoms with Crippen molar-refractivity contribution in [2.75, 3.05) is 0 Å². The highest BCUT2D eigenvalue weighted by molar-refractivity contribution is 8.01. The molecule has 0 bridgehead atoms. The van der Waals surface area contributed by atoms with E-state index in [-0.39, 0.29) is 0 Å². The first-order chi connectivity index (χ1) is 10.1. The highest BCUT2D eigenvalue weighted by Crippen LogP contribution is 2.16. The Labute approximate surface area is 136 Å². The van der Waals surface area contributed by atoms with Gasteiger partial charge in [-0.15, -0.1) is 24.4 Å². The predicted octanol–water partition coefficient (Wildman–Crippen LogP) is 5.71. The van der Waals surface area contributed by atoms with Crippen LogP contribution in [0.2, 0.25) is 0 Å². The van der Waals surface area contributed by atoms with Crippen LogP contribution >= 0.6 is 24.4 Å². The topological polar surface area (TPSA) is 12.4 Å². The molecule has 0 aliphatic rings. The van der Waals surface area contributed by atoms with Crippen LogP contribution in [0.3, 0.4) is 0 Å². The maximum Gasteiger partial charge on any atom is 0.0941 e. The van der Waals surface area contributed by atoms with Crippen LogP contribution in [0.4, 0.5) is 5.69 Å². The Kier molecular flexibility index (Phi) is 6.15. The minimum absolute atomic E-state index is 0.718. The molecule has 0 radical (unpaired) electrons. The van der Waals surface area contributed by atoms with Crippen LogP contribution < -0.4 is 0 Å². The third-order valence-electron chi connectivity index (χ3n) is 2.96. The van der Waals surface area contributed by atoms with E-state index in [4.69, 9.17) is 0 Å². The van der Waals surface area contributed by atoms with Gasteiger partial charge in [0.25, 0.3) is 0 Å². The normalized spacial score (nSPS) is 12.0. The van der Waals surface area contributed by atoms with Gasteiger partial charge in [0.1, 0.15) is 0 Å². The van der Waals surface area contributed by atoms with Crippen LogP contribution in [0.5, 0.6) is 0 Å². The molecule has 0 amide bonds. The predicted molar refractivity (Wildman–Crippen MR) is 98.9 cm³/mol. The quantitative estimate of drug-likeness (QED) is 0.423. The molecule has 0 aromatic heterocycles. The van der Waals surface area contributed by atoms with Crippen molar-refractivity contribution in [3.63, 3.8) is 0 Å². The number of thioether (sulfide) groups is 1. The van der Waals surface area contributed by atoms with Crippen molar-refractivity contribution in [1.29, 1.82) is 0 Å². The number of aryl methyl sites for hydroxylation is 2. The van der Waals surface area contributed by atoms with E-state index in [2.05, 4.69) is 67.9 Å². The lowest BCUT2D eigenvalue weighted by Gasteiger charge is -1.99. The number of aliphatic imine (C=N–C) groups is 1. The van der Waals surface area contributed by atoms with Crippen molar-refractivity contribution in [1.82, 2.24) is 0 Å². The van der Waals surface area contributed by atoms with Crippen molar-refractivity contribution in [3.8, 4) is 0 Å². The van der Waals surface area contributed by atoms with E-state index in [0.717, 1.165) is 16.5 Å². The second kappa shape index (κ2) is 8.11. The second-order valence-electron chi connectivity index (χ2n) is 4.90. The number of nitrogens with zero attached hydrogens (tertiary/aromatic N) is 1. The molecule has 0 fully saturated rings. The summed E-state index contributed by atoms with van der Waals surface area (Å²) >= 11 is 6.13. The summed E-state index contributed by atoms with van der Waals surface area (Å²) in [6, 6.07) is 16.7. The molecular formula is C18H19NS2. The van der Waals surface area contributed by atoms with E-state index in [1.165, 1.54) is 16.7 Å². The maximum atomic E-state index is 4.44. The average molecular weight is 313 g/mol. The molecule has 1 nitrogen and oxygen atoms in total. The van der Waals surface area contributed by atoms with Gasteiger partial charge < -0.3 is 0 Å². The fourth-order valence-electron chi connectivity index (χ4n) is 1.73. The Bertz CT molecular complexity index is 625. The Morgan fingerprint density at radius 2 is 1.57 bits per heavy atom. The first kappa shape index (κ1) is 15.9. The highest BCUT2D eigenvalue weighted by atomic mass is 32.2. The van der Waals surface area contributed by atoms with Crippen LogP contribution in [0, 0.1) is 13.8 Å². The summed E-state index contributed by atoms with van der Waals surface area (Å²) in [4.78, 5) is 4.44. The van der Waals surface area contributed by atoms with Crippen molar-refractivity contribution in [3.05, 3.63) is 76.7 Å². The zero-order valence-corrected chi connectivity index (χ0v) is 14.0. The largest absolute Gasteiger partial charge is 0.242 e. The van der Waals surface area contributed by atoms with Crippen LogP contribution in [0.1, 0.15) is 16.7 Å². The minimum atomic E-state index is 0.718. The SMILES string of the molecule is Cc1ccc(CSC=CC(S)=Nc2ccc(C)cc2)cc1. The summed E-state index contributed by atoms with van der Waals surface area (Å²) in [5.41, 5.74) is 4.78. The molecule has 2 aromatic carbocycles. The van der Waals surface area contributed by atoms with Crippen LogP contribution in [-0.4, -0.2) is 5.04 Å². The van der Waals surface area contributed by atoms with E-state index in [1.54, 1.807) is 11.8 Å². The lowest BCUT2D eigenvalue weighted by atomic mass is 10.2. The number of hydrogen-bond donors (Lipinski definition) is 1. The molecule has 21 heavy (non-hydrogen) atoms. The van der Waals surface area contributed by atoms with Gasteiger partial charge in [-0.3, -0.25) is 0 Å². The Hall–Kier alpha value is -1.45. The second-order valence-corrected chi connectivity index (χ2v) is 6.26. The van der Waals surface area contributed by atoms with E-state index in [1.807, 2.05) is 23.6 Å². The van der Waals surface area contributed by atoms with Gasteiger partial charge in [-0.25, -0.2) is 4.99 Å². The van der Waals surface area contributed by atoms with Gasteiger partial charge in [0, 0.05) is 5.75 Å². The van der Waals surface area contributed by atoms with Crippen LogP contribution in [0.25, 0.3) is 0 Å². The number of thiol groups is 1. The number of benzene rings is 2. The maximum absolute atomic E-state index is 4.44. The summed E-state index contributed by atoms with van der Waals surface area (Å²) < 4.78 is 0. The molecule has 0 saturated heterocycles. The van der Waals surface area contributed by atoms with E-state index in [9.17, 15) is 0 Å². The zero-order valence-electron chi connectivity index (χ0n) is 12.3. The molecule has 3 heteroatoms. The fourth-order valence-corrected chi connectivity index (χ4v) is 2.72. The molecule has 0 aliphatic heterocycles. The zero-order chi connectivity index (χ0) is 15.1. The molecule has 0 N–H and O–H groups in total. The molecule has 108 valence electrons. The molecule has 0 saturated carbocycles. The molecule has 0 unspecified atom stereocenters. The lowest BCUT2D eigenvalue weighted by molar-refractivity contribution is 1.37. The van der Waals surface area contributed by atoms with Crippen molar-refractivity contribution >= 4 is 35.1 Å². The molecule has 0 aliphatic carbocycles. The summed E-state index contributed by atoms with van der Waals surface area (Å²) in [6.45, 7) is 4.17. The van der Waals surface area contributed by atoms with Crippen molar-refractivity contribution in [2.45, 2.75) is 19.6 Å². The van der Waals surface area contributed by atoms with Crippen LogP contribution in [0.15, 0.2) is 65.0 Å². The molecule has 2 aromatic rings. The third kappa shape index (κ3) is 5.82. The summed E-state index contributed by atoms with van der Waals surface area (Å²) in [5.74, 6) is 0.961. The standard InChI is InChI=1S/C18H19NS2/c1-14-3-7-16(8-4-14)13-21-12-11-18(20)19-17-9-5-15(2)6-10-17/h3-12H,13H2,1-2H3,(H,19,20). The van der Waals surface area contributed by atoms with Crippen molar-refractivity contribution < 1.29 is 0 Å². The monoisotopic (exact) mass is 313 g/mol. The Morgan fingerprint density at radius 3 is 2.19 bits per heavy atom. The molecular weight excluding hydrogens is 294 g/mol. The first-order valence-electron chi connectivity index (χ1n) is 6.81. The number of hydrogen-bond acceptors (Lipinski definition) is 2. The van der Waals surface area contributed by atoms with Crippen molar-refractivity contribution in [2.24, 2.45) is 4.99 Å². The third-order valence-corrected chi connectivity index (χ3v) is 4.04. The summed E-state index contributed by atoms with van der Waals surface area (Å²) in [6.07, 6.45) is 1.93. The smallest absolute Gasteiger partial charge is 0.0941 e. The molecule has 0 spiro atoms. The van der Waals surface area contributed by atoms with E-state index < -0.39 is 0 Å². The molecule has 2 rings (SSSR count). The Morgan fingerprint density at radius 1 is 1.00 bits per heavy atom. The highest BCUT2D eigenvalue weighted by Gasteiger charge is 1.93. The van der Waals surface area contributed by atoms with Gasteiger partial charge in [-0.2, -0.15) is 0 Å². The fraction of sp³-hybridized carbons (Fsp3) is 0.167. The molecule has 0 atom stereocenters. The molecule has 0 heterocycles. The van der Waals surface area contributed by atoms with Gasteiger partial charge >= 0.3 is 0 Å². The van der Waals surface area contributed by atoms with Gasteiger partial charge in [0.2, 0.25) is 0 Å². The van der Waals surface area contributed by atoms with Gasteiger partial charge in [-0.05, 0) is 43.0 Å². The summed E-state index contributed by atoms with van der Waals surface area (Å²) in [5, 5.41) is 2.76. The Balaban J connectivity index is 1.85. The summed E-state index contributed by atoms with van der Waals surface area (Å²) in [7, 11) is 0. The van der Waals surface area contributed by atoms with E-state index in [0.29, 0.717) is 0 Å². The van der Waals surface area contributed by atoms with Gasteiger partial charge in [-0.1, -0.05) is 47.5 Å². The van der Waals surface area contributed by atoms with Crippen LogP contribution in [-0.2, 0) is 5.75 Å². The van der Waals surface area contributed by atoms with Gasteiger partial charge in [0.05, 0.1) is 10.7 Å².